The molecule has 1 aromatic carbocycles. The van der Waals surface area contributed by atoms with Crippen molar-refractivity contribution in [2.75, 3.05) is 25.5 Å². The molecule has 1 N–H and O–H groups in total. The second-order valence-corrected chi connectivity index (χ2v) is 6.61. The van der Waals surface area contributed by atoms with Crippen LogP contribution in [0.4, 0.5) is 10.5 Å². The van der Waals surface area contributed by atoms with Crippen molar-refractivity contribution < 1.29 is 9.53 Å². The molecule has 3 rings (SSSR count). The number of carbonyl (C=O) groups excluding carboxylic acids is 1. The van der Waals surface area contributed by atoms with Gasteiger partial charge >= 0.3 is 6.03 Å². The van der Waals surface area contributed by atoms with Gasteiger partial charge in [0.25, 0.3) is 0 Å². The number of urea groups is 1. The topological polar surface area (TPSA) is 59.4 Å². The maximum absolute atomic E-state index is 12.5. The Morgan fingerprint density at radius 3 is 2.92 bits per heavy atom. The lowest BCUT2D eigenvalue weighted by molar-refractivity contribution is 0.159. The molecule has 2 heterocycles. The van der Waals surface area contributed by atoms with Crippen molar-refractivity contribution >= 4 is 11.7 Å². The van der Waals surface area contributed by atoms with Crippen LogP contribution in [-0.2, 0) is 17.9 Å². The normalized spacial score (nSPS) is 17.5. The fraction of sp³-hybridized carbons (Fsp3) is 0.474. The Balaban J connectivity index is 1.61. The number of hydrogen-bond acceptors (Lipinski definition) is 3. The lowest BCUT2D eigenvalue weighted by Crippen LogP contribution is -2.43. The molecule has 1 unspecified atom stereocenters. The monoisotopic (exact) mass is 342 g/mol. The molecule has 0 bridgehead atoms. The van der Waals surface area contributed by atoms with Crippen LogP contribution in [-0.4, -0.2) is 40.7 Å². The minimum Gasteiger partial charge on any atom is -0.377 e. The van der Waals surface area contributed by atoms with Crippen LogP contribution in [0.15, 0.2) is 36.5 Å². The maximum Gasteiger partial charge on any atom is 0.321 e. The molecule has 1 saturated heterocycles. The van der Waals surface area contributed by atoms with Crippen LogP contribution in [0.5, 0.6) is 0 Å². The number of nitrogens with zero attached hydrogens (tertiary/aromatic N) is 3. The number of benzene rings is 1. The van der Waals surface area contributed by atoms with E-state index in [-0.39, 0.29) is 6.03 Å². The molecule has 0 aliphatic carbocycles. The SMILES string of the molecule is COCc1ncc(C)n1CC1CCCN(C(=O)Nc2ccccc2)C1. The van der Waals surface area contributed by atoms with E-state index >= 15 is 0 Å². The molecule has 1 aliphatic rings. The molecule has 1 aromatic heterocycles. The Kier molecular flexibility index (Phi) is 5.71. The number of rotatable bonds is 5. The van der Waals surface area contributed by atoms with Gasteiger partial charge in [0.1, 0.15) is 12.4 Å². The van der Waals surface area contributed by atoms with Gasteiger partial charge in [-0.15, -0.1) is 0 Å². The van der Waals surface area contributed by atoms with Gasteiger partial charge in [0, 0.05) is 44.3 Å². The number of hydrogen-bond donors (Lipinski definition) is 1. The van der Waals surface area contributed by atoms with E-state index in [1.54, 1.807) is 7.11 Å². The predicted octanol–water partition coefficient (Wildman–Crippen LogP) is 3.28. The first-order valence-electron chi connectivity index (χ1n) is 8.78. The molecule has 6 nitrogen and oxygen atoms in total. The largest absolute Gasteiger partial charge is 0.377 e. The summed E-state index contributed by atoms with van der Waals surface area (Å²) >= 11 is 0. The highest BCUT2D eigenvalue weighted by Gasteiger charge is 2.25. The number of anilines is 1. The smallest absolute Gasteiger partial charge is 0.321 e. The molecule has 0 radical (unpaired) electrons. The van der Waals surface area contributed by atoms with Crippen molar-refractivity contribution in [1.82, 2.24) is 14.5 Å². The van der Waals surface area contributed by atoms with Gasteiger partial charge in [-0.3, -0.25) is 0 Å². The molecule has 2 amide bonds. The van der Waals surface area contributed by atoms with Gasteiger partial charge in [-0.1, -0.05) is 18.2 Å². The molecule has 2 aromatic rings. The van der Waals surface area contributed by atoms with Crippen LogP contribution >= 0.6 is 0 Å². The number of imidazole rings is 1. The van der Waals surface area contributed by atoms with E-state index in [2.05, 4.69) is 21.8 Å². The van der Waals surface area contributed by atoms with E-state index in [9.17, 15) is 4.79 Å². The minimum atomic E-state index is -0.0182. The third-order valence-corrected chi connectivity index (χ3v) is 4.68. The van der Waals surface area contributed by atoms with E-state index in [1.165, 1.54) is 0 Å². The van der Waals surface area contributed by atoms with Crippen LogP contribution in [0.3, 0.4) is 0 Å². The Labute approximate surface area is 148 Å². The summed E-state index contributed by atoms with van der Waals surface area (Å²) in [5, 5.41) is 2.98. The molecule has 25 heavy (non-hydrogen) atoms. The molecular weight excluding hydrogens is 316 g/mol. The van der Waals surface area contributed by atoms with Crippen molar-refractivity contribution in [2.24, 2.45) is 5.92 Å². The first kappa shape index (κ1) is 17.5. The maximum atomic E-state index is 12.5. The van der Waals surface area contributed by atoms with Gasteiger partial charge in [0.2, 0.25) is 0 Å². The minimum absolute atomic E-state index is 0.0182. The average molecular weight is 342 g/mol. The summed E-state index contributed by atoms with van der Waals surface area (Å²) in [6.07, 6.45) is 4.04. The third kappa shape index (κ3) is 4.39. The fourth-order valence-corrected chi connectivity index (χ4v) is 3.39. The van der Waals surface area contributed by atoms with E-state index in [4.69, 9.17) is 4.74 Å². The quantitative estimate of drug-likeness (QED) is 0.907. The van der Waals surface area contributed by atoms with E-state index in [0.29, 0.717) is 12.5 Å². The van der Waals surface area contributed by atoms with Crippen LogP contribution in [0.25, 0.3) is 0 Å². The molecule has 0 saturated carbocycles. The number of aryl methyl sites for hydroxylation is 1. The zero-order valence-electron chi connectivity index (χ0n) is 14.9. The zero-order chi connectivity index (χ0) is 17.6. The number of aromatic nitrogens is 2. The molecule has 1 fully saturated rings. The standard InChI is InChI=1S/C19H26N4O2/c1-15-11-20-18(14-25-2)23(15)13-16-7-6-10-22(12-16)19(24)21-17-8-4-3-5-9-17/h3-5,8-9,11,16H,6-7,10,12-14H2,1-2H3,(H,21,24). The highest BCUT2D eigenvalue weighted by molar-refractivity contribution is 5.89. The summed E-state index contributed by atoms with van der Waals surface area (Å²) in [4.78, 5) is 18.9. The van der Waals surface area contributed by atoms with Gasteiger partial charge in [-0.2, -0.15) is 0 Å². The number of likely N-dealkylation sites (tertiary alicyclic amines) is 1. The highest BCUT2D eigenvalue weighted by Crippen LogP contribution is 2.21. The molecular formula is C19H26N4O2. The van der Waals surface area contributed by atoms with Crippen molar-refractivity contribution in [2.45, 2.75) is 32.9 Å². The third-order valence-electron chi connectivity index (χ3n) is 4.68. The Morgan fingerprint density at radius 2 is 2.16 bits per heavy atom. The zero-order valence-corrected chi connectivity index (χ0v) is 14.9. The average Bonchev–Trinajstić information content (AvgIpc) is 2.97. The summed E-state index contributed by atoms with van der Waals surface area (Å²) in [7, 11) is 1.69. The van der Waals surface area contributed by atoms with Crippen molar-refractivity contribution in [1.29, 1.82) is 0 Å². The van der Waals surface area contributed by atoms with E-state index < -0.39 is 0 Å². The number of para-hydroxylation sites is 1. The lowest BCUT2D eigenvalue weighted by Gasteiger charge is -2.33. The van der Waals surface area contributed by atoms with Gasteiger partial charge in [0.05, 0.1) is 0 Å². The molecule has 1 atom stereocenters. The highest BCUT2D eigenvalue weighted by atomic mass is 16.5. The van der Waals surface area contributed by atoms with Gasteiger partial charge < -0.3 is 19.5 Å². The number of carbonyl (C=O) groups is 1. The second-order valence-electron chi connectivity index (χ2n) is 6.61. The molecule has 0 spiro atoms. The Morgan fingerprint density at radius 1 is 1.36 bits per heavy atom. The Bertz CT molecular complexity index is 699. The number of ether oxygens (including phenoxy) is 1. The van der Waals surface area contributed by atoms with E-state index in [1.807, 2.05) is 41.4 Å². The predicted molar refractivity (Wildman–Crippen MR) is 97.4 cm³/mol. The van der Waals surface area contributed by atoms with E-state index in [0.717, 1.165) is 49.7 Å². The summed E-state index contributed by atoms with van der Waals surface area (Å²) in [5.41, 5.74) is 1.97. The summed E-state index contributed by atoms with van der Waals surface area (Å²) in [5.74, 6) is 1.38. The molecule has 6 heteroatoms. The first-order chi connectivity index (χ1) is 12.2. The number of piperidine rings is 1. The van der Waals surface area contributed by atoms with Gasteiger partial charge in [-0.05, 0) is 37.8 Å². The molecule has 1 aliphatic heterocycles. The number of methoxy groups -OCH3 is 1. The second kappa shape index (κ2) is 8.16. The van der Waals surface area contributed by atoms with Crippen LogP contribution in [0, 0.1) is 12.8 Å². The van der Waals surface area contributed by atoms with Crippen molar-refractivity contribution in [3.8, 4) is 0 Å². The van der Waals surface area contributed by atoms with Gasteiger partial charge in [-0.25, -0.2) is 9.78 Å². The number of amides is 2. The summed E-state index contributed by atoms with van der Waals surface area (Å²) in [6.45, 7) is 5.03. The Hall–Kier alpha value is -2.34. The summed E-state index contributed by atoms with van der Waals surface area (Å²) < 4.78 is 7.45. The van der Waals surface area contributed by atoms with Crippen molar-refractivity contribution in [3.63, 3.8) is 0 Å². The fourth-order valence-electron chi connectivity index (χ4n) is 3.39. The number of nitrogens with one attached hydrogen (secondary N) is 1. The molecule has 134 valence electrons. The van der Waals surface area contributed by atoms with Gasteiger partial charge in [0.15, 0.2) is 0 Å². The van der Waals surface area contributed by atoms with Crippen LogP contribution in [0.1, 0.15) is 24.4 Å². The van der Waals surface area contributed by atoms with Crippen LogP contribution < -0.4 is 5.32 Å². The summed E-state index contributed by atoms with van der Waals surface area (Å²) in [6, 6.07) is 9.59. The first-order valence-corrected chi connectivity index (χ1v) is 8.78. The van der Waals surface area contributed by atoms with Crippen LogP contribution in [0.2, 0.25) is 0 Å². The lowest BCUT2D eigenvalue weighted by atomic mass is 9.98. The van der Waals surface area contributed by atoms with Crippen molar-refractivity contribution in [3.05, 3.63) is 48.0 Å².